The Bertz CT molecular complexity index is 1280. The lowest BCUT2D eigenvalue weighted by Gasteiger charge is -2.20. The summed E-state index contributed by atoms with van der Waals surface area (Å²) in [6.45, 7) is 1.76. The summed E-state index contributed by atoms with van der Waals surface area (Å²) in [6.07, 6.45) is 0.0838. The molecule has 1 atom stereocenters. The SMILES string of the molecule is COC(=O)c1ccccc1NC(=O)[C@@H](Cc1ccccc1)NS(=O)(=O)c1cc(C)ccc1OC. The van der Waals surface area contributed by atoms with Crippen LogP contribution in [-0.2, 0) is 26.0 Å². The van der Waals surface area contributed by atoms with Gasteiger partial charge in [-0.3, -0.25) is 4.79 Å². The Labute approximate surface area is 199 Å². The van der Waals surface area contributed by atoms with Crippen molar-refractivity contribution in [2.24, 2.45) is 0 Å². The normalized spacial score (nSPS) is 12.0. The maximum Gasteiger partial charge on any atom is 0.339 e. The van der Waals surface area contributed by atoms with Crippen molar-refractivity contribution in [1.82, 2.24) is 4.72 Å². The molecule has 0 unspecified atom stereocenters. The van der Waals surface area contributed by atoms with E-state index in [4.69, 9.17) is 9.47 Å². The summed E-state index contributed by atoms with van der Waals surface area (Å²) in [4.78, 5) is 25.3. The minimum atomic E-state index is -4.14. The van der Waals surface area contributed by atoms with Gasteiger partial charge in [0.25, 0.3) is 0 Å². The molecule has 3 aromatic rings. The Morgan fingerprint density at radius 2 is 1.62 bits per heavy atom. The fraction of sp³-hybridized carbons (Fsp3) is 0.200. The third-order valence-corrected chi connectivity index (χ3v) is 6.59. The quantitative estimate of drug-likeness (QED) is 0.453. The van der Waals surface area contributed by atoms with Gasteiger partial charge in [-0.1, -0.05) is 48.5 Å². The number of aryl methyl sites for hydroxylation is 1. The summed E-state index contributed by atoms with van der Waals surface area (Å²) in [6, 6.07) is 18.9. The predicted molar refractivity (Wildman–Crippen MR) is 128 cm³/mol. The topological polar surface area (TPSA) is 111 Å². The van der Waals surface area contributed by atoms with Gasteiger partial charge in [-0.15, -0.1) is 0 Å². The van der Waals surface area contributed by atoms with Crippen LogP contribution in [0.1, 0.15) is 21.5 Å². The highest BCUT2D eigenvalue weighted by molar-refractivity contribution is 7.89. The number of amides is 1. The van der Waals surface area contributed by atoms with Crippen molar-refractivity contribution in [3.05, 3.63) is 89.5 Å². The summed E-state index contributed by atoms with van der Waals surface area (Å²) in [7, 11) is -1.53. The van der Waals surface area contributed by atoms with Crippen molar-refractivity contribution in [1.29, 1.82) is 0 Å². The monoisotopic (exact) mass is 482 g/mol. The van der Waals surface area contributed by atoms with E-state index in [1.54, 1.807) is 61.5 Å². The number of esters is 1. The van der Waals surface area contributed by atoms with Gasteiger partial charge in [-0.05, 0) is 48.7 Å². The molecule has 9 heteroatoms. The Hall–Kier alpha value is -3.69. The van der Waals surface area contributed by atoms with Crippen LogP contribution in [-0.4, -0.2) is 40.6 Å². The van der Waals surface area contributed by atoms with Crippen LogP contribution < -0.4 is 14.8 Å². The summed E-state index contributed by atoms with van der Waals surface area (Å²) >= 11 is 0. The molecule has 0 aliphatic heterocycles. The van der Waals surface area contributed by atoms with E-state index >= 15 is 0 Å². The molecule has 0 aliphatic rings. The number of ether oxygens (including phenoxy) is 2. The van der Waals surface area contributed by atoms with Crippen LogP contribution in [0.2, 0.25) is 0 Å². The lowest BCUT2D eigenvalue weighted by Crippen LogP contribution is -2.45. The van der Waals surface area contributed by atoms with Crippen LogP contribution in [0.25, 0.3) is 0 Å². The molecular formula is C25H26N2O6S. The van der Waals surface area contributed by atoms with Gasteiger partial charge in [-0.25, -0.2) is 13.2 Å². The minimum absolute atomic E-state index is 0.0733. The van der Waals surface area contributed by atoms with E-state index in [1.165, 1.54) is 26.4 Å². The summed E-state index contributed by atoms with van der Waals surface area (Å²) < 4.78 is 39.1. The summed E-state index contributed by atoms with van der Waals surface area (Å²) in [5.74, 6) is -1.09. The fourth-order valence-corrected chi connectivity index (χ4v) is 4.83. The van der Waals surface area contributed by atoms with Crippen LogP contribution in [0.15, 0.2) is 77.7 Å². The molecule has 34 heavy (non-hydrogen) atoms. The lowest BCUT2D eigenvalue weighted by atomic mass is 10.1. The number of methoxy groups -OCH3 is 2. The van der Waals surface area contributed by atoms with E-state index in [-0.39, 0.29) is 28.3 Å². The minimum Gasteiger partial charge on any atom is -0.495 e. The largest absolute Gasteiger partial charge is 0.495 e. The van der Waals surface area contributed by atoms with Crippen molar-refractivity contribution in [2.45, 2.75) is 24.3 Å². The molecule has 0 bridgehead atoms. The van der Waals surface area contributed by atoms with Gasteiger partial charge in [0, 0.05) is 0 Å². The lowest BCUT2D eigenvalue weighted by molar-refractivity contribution is -0.117. The molecule has 3 aromatic carbocycles. The van der Waals surface area contributed by atoms with Gasteiger partial charge in [0.05, 0.1) is 25.5 Å². The number of hydrogen-bond donors (Lipinski definition) is 2. The number of anilines is 1. The van der Waals surface area contributed by atoms with Crippen molar-refractivity contribution in [3.8, 4) is 5.75 Å². The number of sulfonamides is 1. The summed E-state index contributed by atoms with van der Waals surface area (Å²) in [5, 5.41) is 2.66. The Morgan fingerprint density at radius 3 is 2.29 bits per heavy atom. The molecule has 0 saturated heterocycles. The average molecular weight is 483 g/mol. The molecule has 0 fully saturated rings. The molecule has 3 rings (SSSR count). The van der Waals surface area contributed by atoms with Crippen LogP contribution in [0.5, 0.6) is 5.75 Å². The molecule has 8 nitrogen and oxygen atoms in total. The zero-order valence-corrected chi connectivity index (χ0v) is 19.9. The third kappa shape index (κ3) is 6.00. The first-order valence-corrected chi connectivity index (χ1v) is 11.9. The van der Waals surface area contributed by atoms with E-state index in [0.29, 0.717) is 0 Å². The van der Waals surface area contributed by atoms with E-state index in [1.807, 2.05) is 6.07 Å². The second-order valence-corrected chi connectivity index (χ2v) is 9.23. The zero-order chi connectivity index (χ0) is 24.7. The van der Waals surface area contributed by atoms with Gasteiger partial charge in [-0.2, -0.15) is 4.72 Å². The first-order chi connectivity index (χ1) is 16.2. The third-order valence-electron chi connectivity index (χ3n) is 5.10. The maximum atomic E-state index is 13.3. The number of benzene rings is 3. The fourth-order valence-electron chi connectivity index (χ4n) is 3.38. The maximum absolute atomic E-state index is 13.3. The molecule has 0 spiro atoms. The highest BCUT2D eigenvalue weighted by atomic mass is 32.2. The average Bonchev–Trinajstić information content (AvgIpc) is 2.84. The molecule has 0 saturated carbocycles. The molecule has 178 valence electrons. The Balaban J connectivity index is 1.96. The number of carbonyl (C=O) groups excluding carboxylic acids is 2. The Kier molecular flexibility index (Phi) is 8.04. The summed E-state index contributed by atoms with van der Waals surface area (Å²) in [5.41, 5.74) is 1.84. The van der Waals surface area contributed by atoms with E-state index in [9.17, 15) is 18.0 Å². The van der Waals surface area contributed by atoms with Crippen molar-refractivity contribution in [3.63, 3.8) is 0 Å². The van der Waals surface area contributed by atoms with Crippen LogP contribution in [0.3, 0.4) is 0 Å². The number of carbonyl (C=O) groups is 2. The molecule has 0 aliphatic carbocycles. The smallest absolute Gasteiger partial charge is 0.339 e. The van der Waals surface area contributed by atoms with Crippen LogP contribution in [0, 0.1) is 6.92 Å². The van der Waals surface area contributed by atoms with Crippen molar-refractivity contribution >= 4 is 27.6 Å². The van der Waals surface area contributed by atoms with Crippen molar-refractivity contribution in [2.75, 3.05) is 19.5 Å². The molecule has 0 radical (unpaired) electrons. The number of para-hydroxylation sites is 1. The van der Waals surface area contributed by atoms with Gasteiger partial charge < -0.3 is 14.8 Å². The number of nitrogens with one attached hydrogen (secondary N) is 2. The first-order valence-electron chi connectivity index (χ1n) is 10.4. The van der Waals surface area contributed by atoms with E-state index in [0.717, 1.165) is 11.1 Å². The van der Waals surface area contributed by atoms with Gasteiger partial charge in [0.1, 0.15) is 16.7 Å². The van der Waals surface area contributed by atoms with E-state index < -0.39 is 27.9 Å². The zero-order valence-electron chi connectivity index (χ0n) is 19.1. The highest BCUT2D eigenvalue weighted by Crippen LogP contribution is 2.25. The Morgan fingerprint density at radius 1 is 0.941 bits per heavy atom. The van der Waals surface area contributed by atoms with Gasteiger partial charge >= 0.3 is 5.97 Å². The second-order valence-electron chi connectivity index (χ2n) is 7.54. The van der Waals surface area contributed by atoms with Gasteiger partial charge in [0.2, 0.25) is 15.9 Å². The highest BCUT2D eigenvalue weighted by Gasteiger charge is 2.29. The molecule has 2 N–H and O–H groups in total. The number of hydrogen-bond acceptors (Lipinski definition) is 6. The second kappa shape index (κ2) is 11.0. The number of rotatable bonds is 9. The molecule has 1 amide bonds. The van der Waals surface area contributed by atoms with E-state index in [2.05, 4.69) is 10.0 Å². The predicted octanol–water partition coefficient (Wildman–Crippen LogP) is 3.32. The molecular weight excluding hydrogens is 456 g/mol. The van der Waals surface area contributed by atoms with Gasteiger partial charge in [0.15, 0.2) is 0 Å². The van der Waals surface area contributed by atoms with Crippen LogP contribution >= 0.6 is 0 Å². The van der Waals surface area contributed by atoms with Crippen molar-refractivity contribution < 1.29 is 27.5 Å². The molecule has 0 aromatic heterocycles. The standard InChI is InChI=1S/C25H26N2O6S/c1-17-13-14-22(32-2)23(15-17)34(30,31)27-21(16-18-9-5-4-6-10-18)24(28)26-20-12-8-7-11-19(20)25(29)33-3/h4-15,21,27H,16H2,1-3H3,(H,26,28)/t21-/m1/s1. The van der Waals surface area contributed by atoms with Crippen LogP contribution in [0.4, 0.5) is 5.69 Å². The molecule has 0 heterocycles. The first kappa shape index (κ1) is 24.9.